The Bertz CT molecular complexity index is 343. The molecule has 1 unspecified atom stereocenters. The van der Waals surface area contributed by atoms with Crippen LogP contribution in [0.4, 0.5) is 0 Å². The van der Waals surface area contributed by atoms with Crippen LogP contribution in [-0.4, -0.2) is 27.6 Å². The molecule has 0 saturated carbocycles. The monoisotopic (exact) mass is 253 g/mol. The van der Waals surface area contributed by atoms with E-state index < -0.39 is 11.5 Å². The van der Waals surface area contributed by atoms with Crippen molar-refractivity contribution in [2.45, 2.75) is 46.1 Å². The largest absolute Gasteiger partial charge is 0.480 e. The highest BCUT2D eigenvalue weighted by Crippen LogP contribution is 2.19. The zero-order valence-electron chi connectivity index (χ0n) is 11.6. The molecular weight excluding hydrogens is 230 g/mol. The van der Waals surface area contributed by atoms with E-state index in [9.17, 15) is 4.79 Å². The molecule has 102 valence electrons. The van der Waals surface area contributed by atoms with Crippen LogP contribution in [0.5, 0.6) is 0 Å². The maximum atomic E-state index is 10.5. The predicted molar refractivity (Wildman–Crippen MR) is 71.3 cm³/mol. The van der Waals surface area contributed by atoms with Crippen LogP contribution in [0, 0.1) is 0 Å². The minimum absolute atomic E-state index is 0.0946. The number of hydrogen-bond donors (Lipinski definition) is 2. The van der Waals surface area contributed by atoms with E-state index in [0.717, 1.165) is 6.42 Å². The van der Waals surface area contributed by atoms with Crippen LogP contribution in [0.25, 0.3) is 0 Å². The molecule has 0 spiro atoms. The Kier molecular flexibility index (Phi) is 7.87. The first kappa shape index (κ1) is 16.5. The lowest BCUT2D eigenvalue weighted by Crippen LogP contribution is -2.43. The highest BCUT2D eigenvalue weighted by molar-refractivity contribution is 5.69. The van der Waals surface area contributed by atoms with Crippen molar-refractivity contribution in [3.05, 3.63) is 24.3 Å². The van der Waals surface area contributed by atoms with Crippen LogP contribution in [0.1, 0.15) is 46.4 Å². The Morgan fingerprint density at radius 2 is 1.83 bits per heavy atom. The van der Waals surface area contributed by atoms with Gasteiger partial charge in [0.25, 0.3) is 0 Å². The number of aromatic nitrogens is 2. The number of rotatable bonds is 5. The lowest BCUT2D eigenvalue weighted by molar-refractivity contribution is -0.136. The SMILES string of the molecule is CCC.CCC(C)(NCC(=O)O)c1ncccn1. The molecule has 0 aliphatic heterocycles. The number of nitrogens with one attached hydrogen (secondary N) is 1. The molecule has 0 radical (unpaired) electrons. The third kappa shape index (κ3) is 5.72. The van der Waals surface area contributed by atoms with Crippen molar-refractivity contribution >= 4 is 5.97 Å². The zero-order valence-corrected chi connectivity index (χ0v) is 11.6. The van der Waals surface area contributed by atoms with Crippen LogP contribution >= 0.6 is 0 Å². The Hall–Kier alpha value is -1.49. The van der Waals surface area contributed by atoms with Crippen molar-refractivity contribution in [1.29, 1.82) is 0 Å². The van der Waals surface area contributed by atoms with Gasteiger partial charge in [-0.1, -0.05) is 27.2 Å². The summed E-state index contributed by atoms with van der Waals surface area (Å²) in [4.78, 5) is 18.8. The van der Waals surface area contributed by atoms with Crippen LogP contribution in [0.2, 0.25) is 0 Å². The third-order valence-electron chi connectivity index (χ3n) is 2.40. The molecule has 0 fully saturated rings. The first-order valence-electron chi connectivity index (χ1n) is 6.24. The van der Waals surface area contributed by atoms with Crippen molar-refractivity contribution < 1.29 is 9.90 Å². The fraction of sp³-hybridized carbons (Fsp3) is 0.615. The fourth-order valence-electron chi connectivity index (χ4n) is 1.22. The highest BCUT2D eigenvalue weighted by atomic mass is 16.4. The summed E-state index contributed by atoms with van der Waals surface area (Å²) < 4.78 is 0. The number of carbonyl (C=O) groups is 1. The standard InChI is InChI=1S/C10H15N3O2.C3H8/c1-3-10(2,13-7-8(14)15)9-11-5-4-6-12-9;1-3-2/h4-6,13H,3,7H2,1-2H3,(H,14,15);3H2,1-2H3. The van der Waals surface area contributed by atoms with E-state index in [2.05, 4.69) is 29.1 Å². The number of nitrogens with zero attached hydrogens (tertiary/aromatic N) is 2. The lowest BCUT2D eigenvalue weighted by atomic mass is 9.98. The van der Waals surface area contributed by atoms with Gasteiger partial charge in [0.05, 0.1) is 12.1 Å². The molecule has 0 aromatic carbocycles. The second-order valence-electron chi connectivity index (χ2n) is 4.21. The van der Waals surface area contributed by atoms with Gasteiger partial charge in [0.1, 0.15) is 5.82 Å². The second-order valence-corrected chi connectivity index (χ2v) is 4.21. The molecule has 0 aliphatic rings. The van der Waals surface area contributed by atoms with Gasteiger partial charge in [-0.25, -0.2) is 9.97 Å². The van der Waals surface area contributed by atoms with E-state index in [1.807, 2.05) is 13.8 Å². The number of aliphatic carboxylic acids is 1. The summed E-state index contributed by atoms with van der Waals surface area (Å²) in [5.74, 6) is -0.264. The average molecular weight is 253 g/mol. The van der Waals surface area contributed by atoms with E-state index in [0.29, 0.717) is 5.82 Å². The van der Waals surface area contributed by atoms with Crippen molar-refractivity contribution in [2.75, 3.05) is 6.54 Å². The minimum Gasteiger partial charge on any atom is -0.480 e. The number of carboxylic acid groups (broad SMARTS) is 1. The summed E-state index contributed by atoms with van der Waals surface area (Å²) in [7, 11) is 0. The molecule has 0 saturated heterocycles. The minimum atomic E-state index is -0.884. The summed E-state index contributed by atoms with van der Waals surface area (Å²) in [6.07, 6.45) is 5.28. The molecule has 18 heavy (non-hydrogen) atoms. The van der Waals surface area contributed by atoms with Crippen molar-refractivity contribution in [2.24, 2.45) is 0 Å². The van der Waals surface area contributed by atoms with Crippen molar-refractivity contribution in [1.82, 2.24) is 15.3 Å². The Morgan fingerprint density at radius 1 is 1.33 bits per heavy atom. The van der Waals surface area contributed by atoms with Gasteiger partial charge in [-0.15, -0.1) is 0 Å². The Morgan fingerprint density at radius 3 is 2.22 bits per heavy atom. The van der Waals surface area contributed by atoms with E-state index in [-0.39, 0.29) is 6.54 Å². The molecule has 5 nitrogen and oxygen atoms in total. The number of hydrogen-bond acceptors (Lipinski definition) is 4. The number of carboxylic acids is 1. The van der Waals surface area contributed by atoms with Crippen molar-refractivity contribution in [3.8, 4) is 0 Å². The molecule has 5 heteroatoms. The molecule has 0 amide bonds. The molecule has 1 aromatic rings. The summed E-state index contributed by atoms with van der Waals surface area (Å²) in [5.41, 5.74) is -0.486. The molecular formula is C13H23N3O2. The van der Waals surface area contributed by atoms with Crippen LogP contribution in [-0.2, 0) is 10.3 Å². The lowest BCUT2D eigenvalue weighted by Gasteiger charge is -2.27. The summed E-state index contributed by atoms with van der Waals surface area (Å²) >= 11 is 0. The Labute approximate surface area is 109 Å². The van der Waals surface area contributed by atoms with Gasteiger partial charge in [0, 0.05) is 12.4 Å². The maximum Gasteiger partial charge on any atom is 0.317 e. The first-order chi connectivity index (χ1) is 8.50. The van der Waals surface area contributed by atoms with Crippen molar-refractivity contribution in [3.63, 3.8) is 0 Å². The molecule has 1 atom stereocenters. The van der Waals surface area contributed by atoms with Gasteiger partial charge in [0.2, 0.25) is 0 Å². The van der Waals surface area contributed by atoms with E-state index in [4.69, 9.17) is 5.11 Å². The third-order valence-corrected chi connectivity index (χ3v) is 2.40. The van der Waals surface area contributed by atoms with E-state index in [1.54, 1.807) is 18.5 Å². The fourth-order valence-corrected chi connectivity index (χ4v) is 1.22. The first-order valence-corrected chi connectivity index (χ1v) is 6.24. The smallest absolute Gasteiger partial charge is 0.317 e. The summed E-state index contributed by atoms with van der Waals surface area (Å²) in [6.45, 7) is 8.01. The van der Waals surface area contributed by atoms with Gasteiger partial charge in [-0.3, -0.25) is 10.1 Å². The molecule has 1 aromatic heterocycles. The van der Waals surface area contributed by atoms with Gasteiger partial charge >= 0.3 is 5.97 Å². The zero-order chi connectivity index (χ0) is 14.0. The highest BCUT2D eigenvalue weighted by Gasteiger charge is 2.27. The van der Waals surface area contributed by atoms with Gasteiger partial charge < -0.3 is 5.11 Å². The van der Waals surface area contributed by atoms with Gasteiger partial charge in [-0.05, 0) is 19.4 Å². The topological polar surface area (TPSA) is 75.1 Å². The predicted octanol–water partition coefficient (Wildman–Crippen LogP) is 2.19. The summed E-state index contributed by atoms with van der Waals surface area (Å²) in [5, 5.41) is 11.6. The van der Waals surface area contributed by atoms with Crippen LogP contribution in [0.15, 0.2) is 18.5 Å². The maximum absolute atomic E-state index is 10.5. The molecule has 1 heterocycles. The normalized spacial score (nSPS) is 13.1. The Balaban J connectivity index is 0.000000873. The van der Waals surface area contributed by atoms with Gasteiger partial charge in [0.15, 0.2) is 0 Å². The van der Waals surface area contributed by atoms with E-state index >= 15 is 0 Å². The average Bonchev–Trinajstić information content (AvgIpc) is 2.38. The summed E-state index contributed by atoms with van der Waals surface area (Å²) in [6, 6.07) is 1.73. The molecule has 1 rings (SSSR count). The van der Waals surface area contributed by atoms with Crippen LogP contribution < -0.4 is 5.32 Å². The molecule has 0 aliphatic carbocycles. The van der Waals surface area contributed by atoms with E-state index in [1.165, 1.54) is 6.42 Å². The molecule has 2 N–H and O–H groups in total. The quantitative estimate of drug-likeness (QED) is 0.841. The molecule has 0 bridgehead atoms. The second kappa shape index (κ2) is 8.58. The van der Waals surface area contributed by atoms with Gasteiger partial charge in [-0.2, -0.15) is 0 Å². The van der Waals surface area contributed by atoms with Crippen LogP contribution in [0.3, 0.4) is 0 Å².